The van der Waals surface area contributed by atoms with Gasteiger partial charge in [0.25, 0.3) is 40.5 Å². The number of benzene rings is 7. The minimum atomic E-state index is -5.06. The van der Waals surface area contributed by atoms with Crippen LogP contribution in [-0.2, 0) is 40.5 Å². The Hall–Kier alpha value is -8.16. The number of aromatic hydroxyl groups is 1. The number of nitrogens with one attached hydrogen (secondary N) is 1. The molecule has 6 N–H and O–H groups in total. The molecule has 7 rings (SSSR count). The number of phenolic OH excluding ortho intramolecular Hbond substituents is 1. The summed E-state index contributed by atoms with van der Waals surface area (Å²) in [6, 6.07) is 24.8. The first-order valence-electron chi connectivity index (χ1n) is 23.1. The number of phenols is 1. The zero-order valence-corrected chi connectivity index (χ0v) is 45.8. The van der Waals surface area contributed by atoms with Crippen LogP contribution in [0.5, 0.6) is 23.0 Å². The molecule has 0 amide bonds. The summed E-state index contributed by atoms with van der Waals surface area (Å²) in [5.74, 6) is 0.106. The van der Waals surface area contributed by atoms with Crippen LogP contribution < -0.4 is 19.5 Å². The second-order valence-corrected chi connectivity index (χ2v) is 23.2. The van der Waals surface area contributed by atoms with E-state index in [1.54, 1.807) is 108 Å². The van der Waals surface area contributed by atoms with Gasteiger partial charge in [-0.2, -0.15) is 59.2 Å². The van der Waals surface area contributed by atoms with E-state index in [4.69, 9.17) is 14.2 Å². The predicted molar refractivity (Wildman–Crippen MR) is 290 cm³/mol. The van der Waals surface area contributed by atoms with Gasteiger partial charge in [0, 0.05) is 17.1 Å². The largest absolute Gasteiger partial charge is 0.505 e. The van der Waals surface area contributed by atoms with E-state index < -0.39 is 78.0 Å². The van der Waals surface area contributed by atoms with Crippen LogP contribution in [0.15, 0.2) is 159 Å². The SMILES string of the molecule is COc1ccc(OCNc2ccc3c(O)c(N=Nc4cc(C)c(N=Nc5cc(C)c(N=Nc6cc(C)c(N=Nc7ccc(S(=O)(=O)O)cc7S(=O)(=O)O)cc6OCCCS(=O)(=O)O)cc5C)cc4C)c(S(=O)(=O)O)cc3c2)cc1. The zero-order chi connectivity index (χ0) is 57.6. The van der Waals surface area contributed by atoms with Gasteiger partial charge < -0.3 is 24.6 Å². The molecule has 414 valence electrons. The van der Waals surface area contributed by atoms with E-state index in [9.17, 15) is 57.0 Å². The van der Waals surface area contributed by atoms with Crippen molar-refractivity contribution in [3.05, 3.63) is 131 Å². The van der Waals surface area contributed by atoms with Gasteiger partial charge >= 0.3 is 0 Å². The van der Waals surface area contributed by atoms with E-state index >= 15 is 0 Å². The Bertz CT molecular complexity index is 4120. The predicted octanol–water partition coefficient (Wildman–Crippen LogP) is 12.6. The molecule has 0 saturated carbocycles. The minimum Gasteiger partial charge on any atom is -0.505 e. The molecular formula is C50H49N9O16S4. The van der Waals surface area contributed by atoms with Crippen molar-refractivity contribution < 1.29 is 71.2 Å². The van der Waals surface area contributed by atoms with Gasteiger partial charge in [-0.05, 0) is 171 Å². The Morgan fingerprint density at radius 3 is 1.47 bits per heavy atom. The summed E-state index contributed by atoms with van der Waals surface area (Å²) in [6.07, 6.45) is -0.135. The quantitative estimate of drug-likeness (QED) is 0.0168. The van der Waals surface area contributed by atoms with E-state index in [1.807, 2.05) is 0 Å². The molecule has 0 fully saturated rings. The third-order valence-corrected chi connectivity index (χ3v) is 15.0. The Kier molecular flexibility index (Phi) is 17.7. The van der Waals surface area contributed by atoms with Crippen LogP contribution in [0.3, 0.4) is 0 Å². The molecule has 0 aliphatic carbocycles. The summed E-state index contributed by atoms with van der Waals surface area (Å²) in [5, 5.41) is 48.9. The number of anilines is 1. The molecule has 0 aliphatic rings. The van der Waals surface area contributed by atoms with Gasteiger partial charge in [0.2, 0.25) is 0 Å². The Morgan fingerprint density at radius 1 is 0.481 bits per heavy atom. The van der Waals surface area contributed by atoms with Gasteiger partial charge in [-0.3, -0.25) is 18.2 Å². The fourth-order valence-electron chi connectivity index (χ4n) is 7.39. The van der Waals surface area contributed by atoms with Crippen molar-refractivity contribution in [2.24, 2.45) is 40.9 Å². The van der Waals surface area contributed by atoms with Crippen molar-refractivity contribution in [2.75, 3.05) is 31.5 Å². The minimum absolute atomic E-state index is 0.0136. The molecule has 0 heterocycles. The number of azo groups is 4. The Balaban J connectivity index is 1.10. The number of methoxy groups -OCH3 is 1. The molecule has 29 heteroatoms. The Morgan fingerprint density at radius 2 is 0.962 bits per heavy atom. The summed E-state index contributed by atoms with van der Waals surface area (Å²) >= 11 is 0. The summed E-state index contributed by atoms with van der Waals surface area (Å²) < 4.78 is 151. The van der Waals surface area contributed by atoms with E-state index in [-0.39, 0.29) is 47.7 Å². The van der Waals surface area contributed by atoms with Crippen molar-refractivity contribution in [3.63, 3.8) is 0 Å². The van der Waals surface area contributed by atoms with Crippen LogP contribution in [-0.4, -0.2) is 83.2 Å². The van der Waals surface area contributed by atoms with Crippen molar-refractivity contribution in [3.8, 4) is 23.0 Å². The summed E-state index contributed by atoms with van der Waals surface area (Å²) in [7, 11) is -17.6. The normalized spacial score (nSPS) is 12.6. The maximum atomic E-state index is 12.6. The fourth-order valence-corrected chi connectivity index (χ4v) is 9.76. The van der Waals surface area contributed by atoms with E-state index in [1.165, 1.54) is 18.2 Å². The number of aryl methyl sites for hydroxylation is 5. The van der Waals surface area contributed by atoms with Gasteiger partial charge in [0.05, 0.1) is 52.8 Å². The lowest BCUT2D eigenvalue weighted by Gasteiger charge is -2.12. The van der Waals surface area contributed by atoms with Gasteiger partial charge in [-0.15, -0.1) is 15.3 Å². The van der Waals surface area contributed by atoms with E-state index in [2.05, 4.69) is 46.2 Å². The van der Waals surface area contributed by atoms with E-state index in [0.717, 1.165) is 12.1 Å². The third-order valence-electron chi connectivity index (χ3n) is 11.6. The molecule has 0 aliphatic heterocycles. The molecule has 79 heavy (non-hydrogen) atoms. The second kappa shape index (κ2) is 23.8. The summed E-state index contributed by atoms with van der Waals surface area (Å²) in [5.41, 5.74) is 4.24. The standard InChI is InChI=1S/C50H49N9O16S4/c1-28-19-42(55-58-45-22-32(5)44(26-46(45)74-16-7-17-76(61,62)63)56-52-39-15-13-37(77(64,65)66)25-47(39)78(67,68)69)29(2)18-40(28)53-54-41-20-31(4)43(21-30(41)3)57-59-49-48(79(70,71)72)24-33-23-34(8-14-38(33)50(49)60)51-27-75-36-11-9-35(73-6)10-12-36/h8-15,18-26,51,60H,7,16-17,27H2,1-6H3,(H,61,62,63)(H,64,65,66)(H,67,68,69)(H,70,71,72). The molecule has 0 saturated heterocycles. The molecule has 0 radical (unpaired) electrons. The number of rotatable bonds is 21. The highest BCUT2D eigenvalue weighted by Gasteiger charge is 2.24. The summed E-state index contributed by atoms with van der Waals surface area (Å²) in [4.78, 5) is -2.46. The van der Waals surface area contributed by atoms with Crippen molar-refractivity contribution in [2.45, 2.75) is 55.7 Å². The first kappa shape index (κ1) is 58.5. The highest BCUT2D eigenvalue weighted by Crippen LogP contribution is 2.44. The monoisotopic (exact) mass is 1160 g/mol. The highest BCUT2D eigenvalue weighted by atomic mass is 32.2. The third kappa shape index (κ3) is 15.1. The van der Waals surface area contributed by atoms with Gasteiger partial charge in [0.15, 0.2) is 12.5 Å². The highest BCUT2D eigenvalue weighted by molar-refractivity contribution is 7.87. The molecule has 25 nitrogen and oxygen atoms in total. The van der Waals surface area contributed by atoms with Crippen LogP contribution in [0.25, 0.3) is 10.8 Å². The van der Waals surface area contributed by atoms with Gasteiger partial charge in [-0.1, -0.05) is 0 Å². The lowest BCUT2D eigenvalue weighted by molar-refractivity contribution is 0.317. The first-order chi connectivity index (χ1) is 37.1. The van der Waals surface area contributed by atoms with Crippen LogP contribution in [0.1, 0.15) is 34.2 Å². The van der Waals surface area contributed by atoms with Crippen LogP contribution >= 0.6 is 0 Å². The number of ether oxygens (including phenoxy) is 3. The molecule has 7 aromatic rings. The molecule has 0 unspecified atom stereocenters. The smallest absolute Gasteiger partial charge is 0.296 e. The number of hydrogen-bond donors (Lipinski definition) is 6. The van der Waals surface area contributed by atoms with Gasteiger partial charge in [0.1, 0.15) is 44.1 Å². The van der Waals surface area contributed by atoms with Crippen LogP contribution in [0.4, 0.5) is 51.2 Å². The molecule has 7 aromatic carbocycles. The van der Waals surface area contributed by atoms with Crippen molar-refractivity contribution >= 4 is 102 Å². The molecule has 0 atom stereocenters. The summed E-state index contributed by atoms with van der Waals surface area (Å²) in [6.45, 7) is 8.40. The first-order valence-corrected chi connectivity index (χ1v) is 29.0. The number of nitrogens with zero attached hydrogens (tertiary/aromatic N) is 8. The molecular weight excluding hydrogens is 1110 g/mol. The number of hydrogen-bond acceptors (Lipinski definition) is 21. The molecule has 0 spiro atoms. The van der Waals surface area contributed by atoms with E-state index in [0.29, 0.717) is 73.8 Å². The molecule has 0 bridgehead atoms. The molecule has 0 aromatic heterocycles. The second-order valence-electron chi connectivity index (χ2n) is 17.4. The lowest BCUT2D eigenvalue weighted by Crippen LogP contribution is -2.08. The maximum absolute atomic E-state index is 12.6. The maximum Gasteiger partial charge on any atom is 0.296 e. The van der Waals surface area contributed by atoms with Crippen molar-refractivity contribution in [1.82, 2.24) is 0 Å². The van der Waals surface area contributed by atoms with Crippen molar-refractivity contribution in [1.29, 1.82) is 0 Å². The zero-order valence-electron chi connectivity index (χ0n) is 42.6. The number of fused-ring (bicyclic) bond motifs is 1. The topological polar surface area (TPSA) is 376 Å². The van der Waals surface area contributed by atoms with Crippen LogP contribution in [0, 0.1) is 34.6 Å². The van der Waals surface area contributed by atoms with Gasteiger partial charge in [-0.25, -0.2) is 0 Å². The average Bonchev–Trinajstić information content (AvgIpc) is 3.42. The Labute approximate surface area is 453 Å². The van der Waals surface area contributed by atoms with Crippen LogP contribution in [0.2, 0.25) is 0 Å². The lowest BCUT2D eigenvalue weighted by atomic mass is 10.1. The fraction of sp³-hybridized carbons (Fsp3) is 0.200. The average molecular weight is 1160 g/mol.